The second-order valence-corrected chi connectivity index (χ2v) is 5.06. The predicted molar refractivity (Wildman–Crippen MR) is 68.4 cm³/mol. The van der Waals surface area contributed by atoms with Crippen LogP contribution in [0.25, 0.3) is 0 Å². The topological polar surface area (TPSA) is 46.3 Å². The van der Waals surface area contributed by atoms with E-state index in [2.05, 4.69) is 0 Å². The minimum Gasteiger partial charge on any atom is -0.341 e. The van der Waals surface area contributed by atoms with E-state index in [9.17, 15) is 9.18 Å². The number of hydrogen-bond acceptors (Lipinski definition) is 2. The number of benzene rings is 1. The third-order valence-electron chi connectivity index (χ3n) is 3.42. The number of amides is 1. The summed E-state index contributed by atoms with van der Waals surface area (Å²) in [7, 11) is 0. The van der Waals surface area contributed by atoms with Crippen molar-refractivity contribution < 1.29 is 9.18 Å². The van der Waals surface area contributed by atoms with Crippen LogP contribution < -0.4 is 5.73 Å². The van der Waals surface area contributed by atoms with E-state index in [1.807, 2.05) is 17.0 Å². The fourth-order valence-corrected chi connectivity index (χ4v) is 2.44. The maximum Gasteiger partial charge on any atom is 0.239 e. The fourth-order valence-electron chi connectivity index (χ4n) is 2.44. The van der Waals surface area contributed by atoms with Crippen molar-refractivity contribution in [2.24, 2.45) is 11.7 Å². The van der Waals surface area contributed by atoms with Gasteiger partial charge in [0.1, 0.15) is 5.82 Å². The van der Waals surface area contributed by atoms with Gasteiger partial charge in [-0.3, -0.25) is 4.79 Å². The highest BCUT2D eigenvalue weighted by Crippen LogP contribution is 2.21. The summed E-state index contributed by atoms with van der Waals surface area (Å²) < 4.78 is 12.8. The van der Waals surface area contributed by atoms with Crippen LogP contribution in [-0.2, 0) is 11.2 Å². The van der Waals surface area contributed by atoms with Gasteiger partial charge in [0.2, 0.25) is 5.91 Å². The summed E-state index contributed by atoms with van der Waals surface area (Å²) >= 11 is 0. The molecule has 0 saturated carbocycles. The zero-order valence-corrected chi connectivity index (χ0v) is 10.6. The molecule has 0 aliphatic carbocycles. The van der Waals surface area contributed by atoms with Gasteiger partial charge in [0.05, 0.1) is 6.04 Å². The van der Waals surface area contributed by atoms with Crippen LogP contribution in [0.15, 0.2) is 24.3 Å². The molecule has 1 aromatic carbocycles. The monoisotopic (exact) mass is 250 g/mol. The Balaban J connectivity index is 1.90. The van der Waals surface area contributed by atoms with E-state index in [4.69, 9.17) is 5.73 Å². The lowest BCUT2D eigenvalue weighted by Crippen LogP contribution is -2.40. The molecule has 1 aliphatic heterocycles. The van der Waals surface area contributed by atoms with Crippen LogP contribution in [0.4, 0.5) is 4.39 Å². The van der Waals surface area contributed by atoms with Gasteiger partial charge in [-0.25, -0.2) is 4.39 Å². The Morgan fingerprint density at radius 3 is 2.78 bits per heavy atom. The SMILES string of the molecule is C[C@@H](N)C(=O)N1CCC(Cc2ccc(F)cc2)C1. The Hall–Kier alpha value is -1.42. The molecule has 0 bridgehead atoms. The minimum absolute atomic E-state index is 0.0246. The van der Waals surface area contributed by atoms with Gasteiger partial charge >= 0.3 is 0 Å². The Kier molecular flexibility index (Phi) is 3.97. The molecule has 1 saturated heterocycles. The lowest BCUT2D eigenvalue weighted by Gasteiger charge is -2.18. The number of likely N-dealkylation sites (tertiary alicyclic amines) is 1. The van der Waals surface area contributed by atoms with Crippen LogP contribution in [0.3, 0.4) is 0 Å². The first-order valence-electron chi connectivity index (χ1n) is 6.35. The second-order valence-electron chi connectivity index (χ2n) is 5.06. The lowest BCUT2D eigenvalue weighted by atomic mass is 9.99. The Labute approximate surface area is 107 Å². The maximum absolute atomic E-state index is 12.8. The number of nitrogens with zero attached hydrogens (tertiary/aromatic N) is 1. The van der Waals surface area contributed by atoms with Crippen molar-refractivity contribution in [3.05, 3.63) is 35.6 Å². The van der Waals surface area contributed by atoms with Gasteiger partial charge in [0.25, 0.3) is 0 Å². The molecule has 2 N–H and O–H groups in total. The van der Waals surface area contributed by atoms with E-state index in [0.717, 1.165) is 31.5 Å². The minimum atomic E-state index is -0.422. The first-order chi connectivity index (χ1) is 8.56. The van der Waals surface area contributed by atoms with Crippen molar-refractivity contribution in [1.82, 2.24) is 4.90 Å². The summed E-state index contributed by atoms with van der Waals surface area (Å²) in [6, 6.07) is 6.16. The largest absolute Gasteiger partial charge is 0.341 e. The van der Waals surface area contributed by atoms with Crippen LogP contribution in [0.2, 0.25) is 0 Å². The zero-order chi connectivity index (χ0) is 13.1. The van der Waals surface area contributed by atoms with Gasteiger partial charge in [-0.15, -0.1) is 0 Å². The average Bonchev–Trinajstić information content (AvgIpc) is 2.79. The molecule has 2 rings (SSSR count). The third-order valence-corrected chi connectivity index (χ3v) is 3.42. The smallest absolute Gasteiger partial charge is 0.239 e. The normalized spacial score (nSPS) is 21.1. The second kappa shape index (κ2) is 5.48. The van der Waals surface area contributed by atoms with Gasteiger partial charge in [-0.1, -0.05) is 12.1 Å². The van der Waals surface area contributed by atoms with E-state index in [1.165, 1.54) is 12.1 Å². The Morgan fingerprint density at radius 1 is 1.50 bits per heavy atom. The van der Waals surface area contributed by atoms with Gasteiger partial charge in [0, 0.05) is 13.1 Å². The standard InChI is InChI=1S/C14H19FN2O/c1-10(16)14(18)17-7-6-12(9-17)8-11-2-4-13(15)5-3-11/h2-5,10,12H,6-9,16H2,1H3/t10-,12?/m1/s1. The number of nitrogens with two attached hydrogens (primary N) is 1. The summed E-state index contributed by atoms with van der Waals surface area (Å²) in [5, 5.41) is 0. The summed E-state index contributed by atoms with van der Waals surface area (Å²) in [5.74, 6) is 0.272. The Morgan fingerprint density at radius 2 is 2.17 bits per heavy atom. The molecule has 0 aromatic heterocycles. The highest BCUT2D eigenvalue weighted by molar-refractivity contribution is 5.81. The number of carbonyl (C=O) groups is 1. The molecule has 3 nitrogen and oxygen atoms in total. The molecule has 0 spiro atoms. The van der Waals surface area contributed by atoms with Gasteiger partial charge in [0.15, 0.2) is 0 Å². The van der Waals surface area contributed by atoms with E-state index < -0.39 is 6.04 Å². The van der Waals surface area contributed by atoms with E-state index >= 15 is 0 Å². The first-order valence-corrected chi connectivity index (χ1v) is 6.35. The molecule has 1 aliphatic rings. The lowest BCUT2D eigenvalue weighted by molar-refractivity contribution is -0.131. The molecule has 1 unspecified atom stereocenters. The van der Waals surface area contributed by atoms with Crippen molar-refractivity contribution >= 4 is 5.91 Å². The molecule has 1 amide bonds. The van der Waals surface area contributed by atoms with Gasteiger partial charge < -0.3 is 10.6 Å². The summed E-state index contributed by atoms with van der Waals surface area (Å²) in [4.78, 5) is 13.6. The highest BCUT2D eigenvalue weighted by Gasteiger charge is 2.27. The van der Waals surface area contributed by atoms with Crippen molar-refractivity contribution in [3.63, 3.8) is 0 Å². The third kappa shape index (κ3) is 3.07. The molecule has 1 heterocycles. The van der Waals surface area contributed by atoms with E-state index in [0.29, 0.717) is 5.92 Å². The maximum atomic E-state index is 12.8. The molecular formula is C14H19FN2O. The molecule has 2 atom stereocenters. The summed E-state index contributed by atoms with van der Waals surface area (Å²) in [5.41, 5.74) is 6.72. The van der Waals surface area contributed by atoms with Crippen molar-refractivity contribution in [2.45, 2.75) is 25.8 Å². The average molecular weight is 250 g/mol. The van der Waals surface area contributed by atoms with Gasteiger partial charge in [-0.2, -0.15) is 0 Å². The number of carbonyl (C=O) groups excluding carboxylic acids is 1. The van der Waals surface area contributed by atoms with Crippen LogP contribution in [0.5, 0.6) is 0 Å². The molecule has 1 fully saturated rings. The molecule has 4 heteroatoms. The molecular weight excluding hydrogens is 231 g/mol. The predicted octanol–water partition coefficient (Wildman–Crippen LogP) is 1.56. The number of hydrogen-bond donors (Lipinski definition) is 1. The van der Waals surface area contributed by atoms with Crippen LogP contribution >= 0.6 is 0 Å². The molecule has 0 radical (unpaired) electrons. The van der Waals surface area contributed by atoms with Gasteiger partial charge in [-0.05, 0) is 43.4 Å². The van der Waals surface area contributed by atoms with Crippen molar-refractivity contribution in [2.75, 3.05) is 13.1 Å². The number of rotatable bonds is 3. The highest BCUT2D eigenvalue weighted by atomic mass is 19.1. The van der Waals surface area contributed by atoms with Crippen LogP contribution in [0, 0.1) is 11.7 Å². The van der Waals surface area contributed by atoms with Crippen molar-refractivity contribution in [3.8, 4) is 0 Å². The van der Waals surface area contributed by atoms with Crippen LogP contribution in [-0.4, -0.2) is 29.9 Å². The molecule has 1 aromatic rings. The summed E-state index contributed by atoms with van der Waals surface area (Å²) in [6.07, 6.45) is 1.89. The van der Waals surface area contributed by atoms with E-state index in [-0.39, 0.29) is 11.7 Å². The Bertz CT molecular complexity index is 416. The molecule has 18 heavy (non-hydrogen) atoms. The van der Waals surface area contributed by atoms with Crippen LogP contribution in [0.1, 0.15) is 18.9 Å². The number of halogens is 1. The van der Waals surface area contributed by atoms with E-state index in [1.54, 1.807) is 6.92 Å². The first kappa shape index (κ1) is 13.0. The molecule has 98 valence electrons. The zero-order valence-electron chi connectivity index (χ0n) is 10.6. The fraction of sp³-hybridized carbons (Fsp3) is 0.500. The summed E-state index contributed by atoms with van der Waals surface area (Å²) in [6.45, 7) is 3.26. The van der Waals surface area contributed by atoms with Crippen molar-refractivity contribution in [1.29, 1.82) is 0 Å². The quantitative estimate of drug-likeness (QED) is 0.885.